The Morgan fingerprint density at radius 1 is 1.16 bits per heavy atom. The van der Waals surface area contributed by atoms with Gasteiger partial charge in [-0.3, -0.25) is 4.79 Å². The number of para-hydroxylation sites is 1. The summed E-state index contributed by atoms with van der Waals surface area (Å²) in [4.78, 5) is 12.2. The molecule has 0 radical (unpaired) electrons. The molecule has 0 aliphatic carbocycles. The van der Waals surface area contributed by atoms with Crippen molar-refractivity contribution in [3.63, 3.8) is 0 Å². The molecule has 134 valence electrons. The van der Waals surface area contributed by atoms with Crippen LogP contribution in [0.3, 0.4) is 0 Å². The van der Waals surface area contributed by atoms with Gasteiger partial charge in [-0.15, -0.1) is 0 Å². The maximum Gasteiger partial charge on any atom is 0.225 e. The van der Waals surface area contributed by atoms with Crippen LogP contribution in [0.1, 0.15) is 37.5 Å². The third kappa shape index (κ3) is 5.66. The third-order valence-corrected chi connectivity index (χ3v) is 4.09. The summed E-state index contributed by atoms with van der Waals surface area (Å²) in [6.07, 6.45) is 0.161. The number of aliphatic hydroxyl groups is 1. The highest BCUT2D eigenvalue weighted by Crippen LogP contribution is 2.17. The molecular weight excluding hydrogens is 319 g/mol. The normalized spacial score (nSPS) is 13.3. The van der Waals surface area contributed by atoms with Gasteiger partial charge in [-0.25, -0.2) is 4.39 Å². The summed E-state index contributed by atoms with van der Waals surface area (Å²) in [7, 11) is 0. The molecule has 2 atom stereocenters. The van der Waals surface area contributed by atoms with Crippen LogP contribution in [0.5, 0.6) is 0 Å². The number of halogens is 1. The topological polar surface area (TPSA) is 61.4 Å². The number of aliphatic hydroxyl groups excluding tert-OH is 1. The van der Waals surface area contributed by atoms with Crippen LogP contribution in [0.2, 0.25) is 0 Å². The van der Waals surface area contributed by atoms with Crippen LogP contribution in [0.15, 0.2) is 48.5 Å². The maximum atomic E-state index is 13.6. The minimum atomic E-state index is -0.951. The Balaban J connectivity index is 1.82. The summed E-state index contributed by atoms with van der Waals surface area (Å²) in [5.74, 6) is -0.528. The fourth-order valence-electron chi connectivity index (χ4n) is 2.67. The standard InChI is InChI=1S/C20H25FN2O2/c1-3-15-8-4-7-11-18(15)23-20(25)12-14(2)22-13-19(24)16-9-5-6-10-17(16)21/h4-11,14,19,22,24H,3,12-13H2,1-2H3,(H,23,25)/t14-,19+/m0/s1. The molecule has 0 aliphatic rings. The Hall–Kier alpha value is -2.24. The van der Waals surface area contributed by atoms with Crippen LogP contribution in [-0.4, -0.2) is 23.6 Å². The zero-order valence-electron chi connectivity index (χ0n) is 14.6. The Morgan fingerprint density at radius 3 is 2.56 bits per heavy atom. The molecule has 0 aromatic heterocycles. The highest BCUT2D eigenvalue weighted by molar-refractivity contribution is 5.91. The number of amides is 1. The lowest BCUT2D eigenvalue weighted by atomic mass is 10.1. The highest BCUT2D eigenvalue weighted by atomic mass is 19.1. The Kier molecular flexibility index (Phi) is 7.10. The number of hydrogen-bond donors (Lipinski definition) is 3. The van der Waals surface area contributed by atoms with Gasteiger partial charge in [-0.05, 0) is 31.0 Å². The van der Waals surface area contributed by atoms with Crippen LogP contribution in [0.25, 0.3) is 0 Å². The summed E-state index contributed by atoms with van der Waals surface area (Å²) in [6, 6.07) is 13.7. The van der Waals surface area contributed by atoms with E-state index in [-0.39, 0.29) is 30.5 Å². The van der Waals surface area contributed by atoms with Crippen LogP contribution in [-0.2, 0) is 11.2 Å². The Labute approximate surface area is 148 Å². The summed E-state index contributed by atoms with van der Waals surface area (Å²) in [5.41, 5.74) is 2.17. The molecule has 0 saturated carbocycles. The first kappa shape index (κ1) is 19.1. The zero-order valence-corrected chi connectivity index (χ0v) is 14.6. The predicted octanol–water partition coefficient (Wildman–Crippen LogP) is 3.43. The van der Waals surface area contributed by atoms with Crippen molar-refractivity contribution in [1.82, 2.24) is 5.32 Å². The van der Waals surface area contributed by atoms with Gasteiger partial charge in [0.25, 0.3) is 0 Å². The molecule has 25 heavy (non-hydrogen) atoms. The molecule has 0 unspecified atom stereocenters. The summed E-state index contributed by atoms with van der Waals surface area (Å²) in [6.45, 7) is 4.08. The number of aryl methyl sites for hydroxylation is 1. The molecule has 0 aliphatic heterocycles. The maximum absolute atomic E-state index is 13.6. The molecule has 2 rings (SSSR count). The van der Waals surface area contributed by atoms with Gasteiger partial charge in [0.1, 0.15) is 5.82 Å². The molecule has 0 fully saturated rings. The van der Waals surface area contributed by atoms with Crippen molar-refractivity contribution in [2.24, 2.45) is 0 Å². The minimum absolute atomic E-state index is 0.0960. The third-order valence-electron chi connectivity index (χ3n) is 4.09. The number of nitrogens with one attached hydrogen (secondary N) is 2. The van der Waals surface area contributed by atoms with E-state index in [1.807, 2.05) is 38.1 Å². The monoisotopic (exact) mass is 344 g/mol. The molecule has 2 aromatic carbocycles. The largest absolute Gasteiger partial charge is 0.387 e. The van der Waals surface area contributed by atoms with E-state index in [1.54, 1.807) is 18.2 Å². The number of benzene rings is 2. The van der Waals surface area contributed by atoms with Gasteiger partial charge in [0.2, 0.25) is 5.91 Å². The molecule has 0 bridgehead atoms. The molecule has 0 saturated heterocycles. The van der Waals surface area contributed by atoms with Crippen LogP contribution in [0.4, 0.5) is 10.1 Å². The SMILES string of the molecule is CCc1ccccc1NC(=O)C[C@H](C)NC[C@@H](O)c1ccccc1F. The van der Waals surface area contributed by atoms with E-state index >= 15 is 0 Å². The summed E-state index contributed by atoms with van der Waals surface area (Å²) < 4.78 is 13.6. The van der Waals surface area contributed by atoms with E-state index in [1.165, 1.54) is 6.07 Å². The van der Waals surface area contributed by atoms with E-state index in [0.29, 0.717) is 0 Å². The van der Waals surface area contributed by atoms with Gasteiger partial charge in [-0.2, -0.15) is 0 Å². The van der Waals surface area contributed by atoms with Crippen molar-refractivity contribution in [2.75, 3.05) is 11.9 Å². The van der Waals surface area contributed by atoms with Crippen LogP contribution < -0.4 is 10.6 Å². The number of rotatable bonds is 8. The molecule has 0 spiro atoms. The number of carbonyl (C=O) groups is 1. The average molecular weight is 344 g/mol. The highest BCUT2D eigenvalue weighted by Gasteiger charge is 2.15. The Bertz CT molecular complexity index is 706. The molecule has 2 aromatic rings. The summed E-state index contributed by atoms with van der Waals surface area (Å²) in [5, 5.41) is 16.1. The van der Waals surface area contributed by atoms with E-state index in [2.05, 4.69) is 10.6 Å². The number of anilines is 1. The Morgan fingerprint density at radius 2 is 1.84 bits per heavy atom. The predicted molar refractivity (Wildman–Crippen MR) is 97.9 cm³/mol. The molecule has 1 amide bonds. The lowest BCUT2D eigenvalue weighted by molar-refractivity contribution is -0.116. The van der Waals surface area contributed by atoms with Crippen LogP contribution in [0, 0.1) is 5.82 Å². The zero-order chi connectivity index (χ0) is 18.2. The van der Waals surface area contributed by atoms with Crippen molar-refractivity contribution >= 4 is 11.6 Å². The van der Waals surface area contributed by atoms with Crippen molar-refractivity contribution in [3.8, 4) is 0 Å². The first-order valence-corrected chi connectivity index (χ1v) is 8.54. The molecule has 4 nitrogen and oxygen atoms in total. The smallest absolute Gasteiger partial charge is 0.225 e. The van der Waals surface area contributed by atoms with Crippen molar-refractivity contribution in [2.45, 2.75) is 38.8 Å². The number of carbonyl (C=O) groups excluding carboxylic acids is 1. The van der Waals surface area contributed by atoms with Crippen molar-refractivity contribution < 1.29 is 14.3 Å². The lowest BCUT2D eigenvalue weighted by Crippen LogP contribution is -2.34. The van der Waals surface area contributed by atoms with Gasteiger partial charge in [-0.1, -0.05) is 43.3 Å². The molecule has 3 N–H and O–H groups in total. The second-order valence-electron chi connectivity index (χ2n) is 6.11. The lowest BCUT2D eigenvalue weighted by Gasteiger charge is -2.18. The molecular formula is C20H25FN2O2. The van der Waals surface area contributed by atoms with Gasteiger partial charge < -0.3 is 15.7 Å². The fraction of sp³-hybridized carbons (Fsp3) is 0.350. The first-order valence-electron chi connectivity index (χ1n) is 8.54. The summed E-state index contributed by atoms with van der Waals surface area (Å²) >= 11 is 0. The van der Waals surface area contributed by atoms with E-state index in [0.717, 1.165) is 17.7 Å². The van der Waals surface area contributed by atoms with E-state index in [4.69, 9.17) is 0 Å². The average Bonchev–Trinajstić information content (AvgIpc) is 2.60. The first-order chi connectivity index (χ1) is 12.0. The van der Waals surface area contributed by atoms with Crippen molar-refractivity contribution in [3.05, 3.63) is 65.5 Å². The quantitative estimate of drug-likeness (QED) is 0.687. The van der Waals surface area contributed by atoms with Gasteiger partial charge in [0.15, 0.2) is 0 Å². The van der Waals surface area contributed by atoms with E-state index in [9.17, 15) is 14.3 Å². The second kappa shape index (κ2) is 9.30. The van der Waals surface area contributed by atoms with Gasteiger partial charge >= 0.3 is 0 Å². The second-order valence-corrected chi connectivity index (χ2v) is 6.11. The minimum Gasteiger partial charge on any atom is -0.387 e. The van der Waals surface area contributed by atoms with Crippen molar-refractivity contribution in [1.29, 1.82) is 0 Å². The molecule has 5 heteroatoms. The van der Waals surface area contributed by atoms with E-state index < -0.39 is 11.9 Å². The number of hydrogen-bond acceptors (Lipinski definition) is 3. The molecule has 0 heterocycles. The van der Waals surface area contributed by atoms with Gasteiger partial charge in [0, 0.05) is 30.3 Å². The van der Waals surface area contributed by atoms with Crippen LogP contribution >= 0.6 is 0 Å². The fourth-order valence-corrected chi connectivity index (χ4v) is 2.67. The van der Waals surface area contributed by atoms with Gasteiger partial charge in [0.05, 0.1) is 6.10 Å².